The first-order valence-electron chi connectivity index (χ1n) is 6.22. The maximum Gasteiger partial charge on any atom is 0.337 e. The van der Waals surface area contributed by atoms with E-state index in [4.69, 9.17) is 4.74 Å². The van der Waals surface area contributed by atoms with Crippen LogP contribution in [0.2, 0.25) is 0 Å². The molecule has 2 heterocycles. The number of H-pyrrole nitrogens is 1. The molecule has 0 fully saturated rings. The standard InChI is InChI=1S/C14H12N4O2S/c1-20-14(19)10-4-2-3-9(5-10)6-21-13-11-12(16-7-15-11)17-8-18-13/h2-5,7-8H,6H2,1H3,(H,15,16,17,18). The van der Waals surface area contributed by atoms with Gasteiger partial charge in [0.15, 0.2) is 5.65 Å². The number of aromatic nitrogens is 4. The summed E-state index contributed by atoms with van der Waals surface area (Å²) in [5.41, 5.74) is 3.04. The summed E-state index contributed by atoms with van der Waals surface area (Å²) >= 11 is 1.56. The summed E-state index contributed by atoms with van der Waals surface area (Å²) in [6, 6.07) is 7.36. The Labute approximate surface area is 125 Å². The van der Waals surface area contributed by atoms with Gasteiger partial charge in [0.25, 0.3) is 0 Å². The largest absolute Gasteiger partial charge is 0.465 e. The Morgan fingerprint density at radius 2 is 2.24 bits per heavy atom. The minimum absolute atomic E-state index is 0.333. The van der Waals surface area contributed by atoms with E-state index in [2.05, 4.69) is 19.9 Å². The van der Waals surface area contributed by atoms with Crippen LogP contribution in [-0.2, 0) is 10.5 Å². The average molecular weight is 300 g/mol. The number of thioether (sulfide) groups is 1. The first kappa shape index (κ1) is 13.6. The summed E-state index contributed by atoms with van der Waals surface area (Å²) in [5, 5.41) is 0.834. The molecule has 3 rings (SSSR count). The van der Waals surface area contributed by atoms with Crippen LogP contribution in [0.3, 0.4) is 0 Å². The minimum atomic E-state index is -0.333. The Balaban J connectivity index is 1.79. The molecule has 7 heteroatoms. The first-order chi connectivity index (χ1) is 10.3. The quantitative estimate of drug-likeness (QED) is 0.453. The highest BCUT2D eigenvalue weighted by Crippen LogP contribution is 2.25. The number of fused-ring (bicyclic) bond motifs is 1. The van der Waals surface area contributed by atoms with E-state index in [0.29, 0.717) is 17.0 Å². The molecule has 6 nitrogen and oxygen atoms in total. The third kappa shape index (κ3) is 2.87. The van der Waals surface area contributed by atoms with E-state index in [-0.39, 0.29) is 5.97 Å². The summed E-state index contributed by atoms with van der Waals surface area (Å²) < 4.78 is 4.72. The topological polar surface area (TPSA) is 80.8 Å². The SMILES string of the molecule is COC(=O)c1cccc(CSc2ncnc3nc[nH]c23)c1. The number of rotatable bonds is 4. The molecule has 2 aromatic heterocycles. The van der Waals surface area contributed by atoms with E-state index in [0.717, 1.165) is 16.1 Å². The van der Waals surface area contributed by atoms with Crippen molar-refractivity contribution >= 4 is 28.9 Å². The van der Waals surface area contributed by atoms with Crippen molar-refractivity contribution in [2.45, 2.75) is 10.8 Å². The maximum atomic E-state index is 11.5. The number of ether oxygens (including phenoxy) is 1. The third-order valence-corrected chi connectivity index (χ3v) is 3.97. The van der Waals surface area contributed by atoms with Crippen molar-refractivity contribution in [3.05, 3.63) is 48.0 Å². The van der Waals surface area contributed by atoms with Crippen molar-refractivity contribution in [3.8, 4) is 0 Å². The zero-order valence-corrected chi connectivity index (χ0v) is 12.1. The number of aromatic amines is 1. The van der Waals surface area contributed by atoms with Gasteiger partial charge in [-0.25, -0.2) is 19.7 Å². The summed E-state index contributed by atoms with van der Waals surface area (Å²) in [7, 11) is 1.37. The summed E-state index contributed by atoms with van der Waals surface area (Å²) in [6.45, 7) is 0. The molecule has 1 N–H and O–H groups in total. The molecule has 3 aromatic rings. The fourth-order valence-corrected chi connectivity index (χ4v) is 2.81. The molecule has 106 valence electrons. The van der Waals surface area contributed by atoms with E-state index in [1.54, 1.807) is 24.2 Å². The number of imidazole rings is 1. The lowest BCUT2D eigenvalue weighted by Crippen LogP contribution is -2.01. The van der Waals surface area contributed by atoms with Crippen molar-refractivity contribution < 1.29 is 9.53 Å². The second kappa shape index (κ2) is 5.92. The predicted octanol–water partition coefficient (Wildman–Crippen LogP) is 2.43. The van der Waals surface area contributed by atoms with Crippen LogP contribution in [0.5, 0.6) is 0 Å². The van der Waals surface area contributed by atoms with Gasteiger partial charge in [-0.3, -0.25) is 0 Å². The normalized spacial score (nSPS) is 10.7. The van der Waals surface area contributed by atoms with E-state index in [9.17, 15) is 4.79 Å². The van der Waals surface area contributed by atoms with E-state index < -0.39 is 0 Å². The summed E-state index contributed by atoms with van der Waals surface area (Å²) in [4.78, 5) is 27.0. The van der Waals surface area contributed by atoms with E-state index in [1.165, 1.54) is 13.4 Å². The minimum Gasteiger partial charge on any atom is -0.465 e. The van der Waals surface area contributed by atoms with Gasteiger partial charge in [0.05, 0.1) is 19.0 Å². The summed E-state index contributed by atoms with van der Waals surface area (Å²) in [6.07, 6.45) is 3.09. The van der Waals surface area contributed by atoms with Gasteiger partial charge in [0, 0.05) is 5.75 Å². The zero-order chi connectivity index (χ0) is 14.7. The molecule has 0 bridgehead atoms. The molecule has 0 spiro atoms. The number of hydrogen-bond donors (Lipinski definition) is 1. The van der Waals surface area contributed by atoms with Crippen molar-refractivity contribution in [2.24, 2.45) is 0 Å². The number of nitrogens with one attached hydrogen (secondary N) is 1. The lowest BCUT2D eigenvalue weighted by Gasteiger charge is -2.04. The van der Waals surface area contributed by atoms with Crippen LogP contribution in [0, 0.1) is 0 Å². The highest BCUT2D eigenvalue weighted by Gasteiger charge is 2.09. The number of carbonyl (C=O) groups excluding carboxylic acids is 1. The molecule has 1 aromatic carbocycles. The molecule has 0 aliphatic rings. The number of carbonyl (C=O) groups is 1. The molecular weight excluding hydrogens is 288 g/mol. The zero-order valence-electron chi connectivity index (χ0n) is 11.2. The fraction of sp³-hybridized carbons (Fsp3) is 0.143. The Kier molecular flexibility index (Phi) is 3.83. The van der Waals surface area contributed by atoms with Crippen LogP contribution in [-0.4, -0.2) is 33.0 Å². The number of benzene rings is 1. The monoisotopic (exact) mass is 300 g/mol. The molecule has 0 aliphatic heterocycles. The van der Waals surface area contributed by atoms with Gasteiger partial charge in [-0.1, -0.05) is 23.9 Å². The van der Waals surface area contributed by atoms with Crippen LogP contribution in [0.4, 0.5) is 0 Å². The molecular formula is C14H12N4O2S. The molecule has 0 saturated heterocycles. The van der Waals surface area contributed by atoms with Crippen molar-refractivity contribution in [2.75, 3.05) is 7.11 Å². The fourth-order valence-electron chi connectivity index (χ4n) is 1.91. The molecule has 21 heavy (non-hydrogen) atoms. The molecule has 0 radical (unpaired) electrons. The molecule has 0 atom stereocenters. The Bertz CT molecular complexity index is 787. The first-order valence-corrected chi connectivity index (χ1v) is 7.20. The van der Waals surface area contributed by atoms with E-state index >= 15 is 0 Å². The van der Waals surface area contributed by atoms with Crippen LogP contribution in [0.1, 0.15) is 15.9 Å². The van der Waals surface area contributed by atoms with Crippen molar-refractivity contribution in [1.82, 2.24) is 19.9 Å². The molecule has 0 amide bonds. The molecule has 0 unspecified atom stereocenters. The second-order valence-corrected chi connectivity index (χ2v) is 5.22. The Hall–Kier alpha value is -2.41. The van der Waals surface area contributed by atoms with Crippen LogP contribution < -0.4 is 0 Å². The molecule has 0 saturated carbocycles. The van der Waals surface area contributed by atoms with Crippen LogP contribution in [0.15, 0.2) is 41.9 Å². The number of nitrogens with zero attached hydrogens (tertiary/aromatic N) is 3. The lowest BCUT2D eigenvalue weighted by atomic mass is 10.1. The van der Waals surface area contributed by atoms with Crippen molar-refractivity contribution in [3.63, 3.8) is 0 Å². The third-order valence-electron chi connectivity index (χ3n) is 2.91. The van der Waals surface area contributed by atoms with Gasteiger partial charge in [-0.05, 0) is 17.7 Å². The van der Waals surface area contributed by atoms with Crippen LogP contribution in [0.25, 0.3) is 11.2 Å². The van der Waals surface area contributed by atoms with Gasteiger partial charge in [-0.2, -0.15) is 0 Å². The molecule has 0 aliphatic carbocycles. The van der Waals surface area contributed by atoms with Gasteiger partial charge < -0.3 is 9.72 Å². The number of hydrogen-bond acceptors (Lipinski definition) is 6. The van der Waals surface area contributed by atoms with Crippen molar-refractivity contribution in [1.29, 1.82) is 0 Å². The van der Waals surface area contributed by atoms with Gasteiger partial charge in [0.2, 0.25) is 0 Å². The van der Waals surface area contributed by atoms with Gasteiger partial charge in [0.1, 0.15) is 16.9 Å². The van der Waals surface area contributed by atoms with Gasteiger partial charge in [-0.15, -0.1) is 0 Å². The average Bonchev–Trinajstić information content (AvgIpc) is 3.01. The second-order valence-electron chi connectivity index (χ2n) is 4.26. The smallest absolute Gasteiger partial charge is 0.337 e. The van der Waals surface area contributed by atoms with Gasteiger partial charge >= 0.3 is 5.97 Å². The maximum absolute atomic E-state index is 11.5. The summed E-state index contributed by atoms with van der Waals surface area (Å²) in [5.74, 6) is 0.357. The van der Waals surface area contributed by atoms with Crippen LogP contribution >= 0.6 is 11.8 Å². The Morgan fingerprint density at radius 3 is 3.10 bits per heavy atom. The predicted molar refractivity (Wildman–Crippen MR) is 79.0 cm³/mol. The number of methoxy groups -OCH3 is 1. The number of esters is 1. The highest BCUT2D eigenvalue weighted by molar-refractivity contribution is 7.98. The van der Waals surface area contributed by atoms with E-state index in [1.807, 2.05) is 18.2 Å². The highest BCUT2D eigenvalue weighted by atomic mass is 32.2. The Morgan fingerprint density at radius 1 is 1.33 bits per heavy atom. The lowest BCUT2D eigenvalue weighted by molar-refractivity contribution is 0.0600.